The van der Waals surface area contributed by atoms with Gasteiger partial charge in [-0.15, -0.1) is 11.3 Å². The van der Waals surface area contributed by atoms with Crippen molar-refractivity contribution in [2.24, 2.45) is 0 Å². The molecule has 0 radical (unpaired) electrons. The zero-order valence-corrected chi connectivity index (χ0v) is 12.3. The summed E-state index contributed by atoms with van der Waals surface area (Å²) >= 11 is 1.31. The molecule has 0 bridgehead atoms. The van der Waals surface area contributed by atoms with Gasteiger partial charge in [-0.3, -0.25) is 4.79 Å². The van der Waals surface area contributed by atoms with Crippen LogP contribution in [0.2, 0.25) is 0 Å². The van der Waals surface area contributed by atoms with Crippen LogP contribution >= 0.6 is 11.3 Å². The number of methoxy groups -OCH3 is 1. The minimum atomic E-state index is -0.442. The number of carbonyl (C=O) groups is 2. The molecule has 1 heterocycles. The second kappa shape index (κ2) is 6.47. The summed E-state index contributed by atoms with van der Waals surface area (Å²) in [6.07, 6.45) is 2.82. The number of hydrogen-bond donors (Lipinski definition) is 1. The Morgan fingerprint density at radius 1 is 1.47 bits per heavy atom. The quantitative estimate of drug-likeness (QED) is 0.676. The lowest BCUT2D eigenvalue weighted by Gasteiger charge is -2.17. The number of aromatic nitrogens is 1. The summed E-state index contributed by atoms with van der Waals surface area (Å²) in [4.78, 5) is 27.7. The summed E-state index contributed by atoms with van der Waals surface area (Å²) < 4.78 is 4.45. The standard InChI is InChI=1S/C13H18N2O3S/c1-13(2,3)11-10(19-8-15-11)12(17)14-7-5-6-9(16)18-4/h5-6,8H,7H2,1-4H3,(H,14,17)/b6-5+. The lowest BCUT2D eigenvalue weighted by molar-refractivity contribution is -0.134. The van der Waals surface area contributed by atoms with Crippen molar-refractivity contribution in [2.75, 3.05) is 13.7 Å². The monoisotopic (exact) mass is 282 g/mol. The third-order valence-electron chi connectivity index (χ3n) is 2.32. The first-order valence-corrected chi connectivity index (χ1v) is 6.71. The van der Waals surface area contributed by atoms with Crippen LogP contribution in [0.3, 0.4) is 0 Å². The molecule has 1 rings (SSSR count). The number of rotatable bonds is 4. The normalized spacial score (nSPS) is 11.6. The van der Waals surface area contributed by atoms with Crippen LogP contribution in [-0.4, -0.2) is 30.5 Å². The highest BCUT2D eigenvalue weighted by atomic mass is 32.1. The molecule has 0 atom stereocenters. The number of nitrogens with zero attached hydrogens (tertiary/aromatic N) is 1. The summed E-state index contributed by atoms with van der Waals surface area (Å²) in [5, 5.41) is 2.71. The lowest BCUT2D eigenvalue weighted by atomic mass is 9.91. The van der Waals surface area contributed by atoms with Gasteiger partial charge in [0, 0.05) is 18.0 Å². The molecule has 104 valence electrons. The average Bonchev–Trinajstić information content (AvgIpc) is 2.82. The van der Waals surface area contributed by atoms with E-state index in [1.807, 2.05) is 20.8 Å². The van der Waals surface area contributed by atoms with Crippen molar-refractivity contribution >= 4 is 23.2 Å². The van der Waals surface area contributed by atoms with Crippen molar-refractivity contribution in [3.05, 3.63) is 28.2 Å². The molecule has 0 spiro atoms. The van der Waals surface area contributed by atoms with Crippen molar-refractivity contribution in [1.82, 2.24) is 10.3 Å². The lowest BCUT2D eigenvalue weighted by Crippen LogP contribution is -2.26. The van der Waals surface area contributed by atoms with Gasteiger partial charge in [-0.1, -0.05) is 26.8 Å². The van der Waals surface area contributed by atoms with E-state index in [2.05, 4.69) is 15.0 Å². The highest BCUT2D eigenvalue weighted by Gasteiger charge is 2.24. The predicted octanol–water partition coefficient (Wildman–Crippen LogP) is 1.90. The molecule has 6 heteroatoms. The van der Waals surface area contributed by atoms with Gasteiger partial charge in [-0.05, 0) is 0 Å². The molecule has 0 aliphatic rings. The van der Waals surface area contributed by atoms with E-state index in [0.717, 1.165) is 5.69 Å². The fourth-order valence-electron chi connectivity index (χ4n) is 1.40. The Bertz CT molecular complexity index is 486. The number of amides is 1. The first-order chi connectivity index (χ1) is 8.86. The minimum absolute atomic E-state index is 0.172. The maximum Gasteiger partial charge on any atom is 0.330 e. The van der Waals surface area contributed by atoms with Crippen LogP contribution in [-0.2, 0) is 14.9 Å². The first kappa shape index (κ1) is 15.4. The molecule has 1 amide bonds. The summed E-state index contributed by atoms with van der Waals surface area (Å²) in [5.41, 5.74) is 2.28. The van der Waals surface area contributed by atoms with E-state index in [-0.39, 0.29) is 17.9 Å². The van der Waals surface area contributed by atoms with Gasteiger partial charge < -0.3 is 10.1 Å². The molecule has 1 aromatic heterocycles. The molecule has 5 nitrogen and oxygen atoms in total. The molecule has 1 N–H and O–H groups in total. The summed E-state index contributed by atoms with van der Waals surface area (Å²) in [7, 11) is 1.30. The number of esters is 1. The highest BCUT2D eigenvalue weighted by Crippen LogP contribution is 2.26. The second-order valence-corrected chi connectivity index (χ2v) is 5.77. The Labute approximate surface area is 116 Å². The van der Waals surface area contributed by atoms with E-state index in [9.17, 15) is 9.59 Å². The third kappa shape index (κ3) is 4.48. The Morgan fingerprint density at radius 2 is 2.16 bits per heavy atom. The molecular formula is C13H18N2O3S. The van der Waals surface area contributed by atoms with Crippen molar-refractivity contribution in [2.45, 2.75) is 26.2 Å². The maximum atomic E-state index is 12.0. The number of thiazole rings is 1. The largest absolute Gasteiger partial charge is 0.466 e. The van der Waals surface area contributed by atoms with Crippen molar-refractivity contribution < 1.29 is 14.3 Å². The van der Waals surface area contributed by atoms with Gasteiger partial charge in [-0.25, -0.2) is 9.78 Å². The van der Waals surface area contributed by atoms with Gasteiger partial charge in [0.1, 0.15) is 4.88 Å². The number of ether oxygens (including phenoxy) is 1. The van der Waals surface area contributed by atoms with E-state index < -0.39 is 5.97 Å². The number of carbonyl (C=O) groups excluding carboxylic acids is 2. The Balaban J connectivity index is 2.63. The van der Waals surface area contributed by atoms with Gasteiger partial charge in [-0.2, -0.15) is 0 Å². The van der Waals surface area contributed by atoms with E-state index in [0.29, 0.717) is 4.88 Å². The Hall–Kier alpha value is -1.69. The molecule has 1 aromatic rings. The predicted molar refractivity (Wildman–Crippen MR) is 74.3 cm³/mol. The Kier molecular flexibility index (Phi) is 5.23. The molecule has 0 aliphatic heterocycles. The third-order valence-corrected chi connectivity index (χ3v) is 3.14. The number of nitrogens with one attached hydrogen (secondary N) is 1. The summed E-state index contributed by atoms with van der Waals surface area (Å²) in [5.74, 6) is -0.621. The van der Waals surface area contributed by atoms with Gasteiger partial charge >= 0.3 is 5.97 Å². The van der Waals surface area contributed by atoms with Crippen LogP contribution < -0.4 is 5.32 Å². The van der Waals surface area contributed by atoms with Crippen molar-refractivity contribution in [1.29, 1.82) is 0 Å². The molecule has 0 aromatic carbocycles. The van der Waals surface area contributed by atoms with E-state index in [4.69, 9.17) is 0 Å². The topological polar surface area (TPSA) is 68.3 Å². The van der Waals surface area contributed by atoms with Crippen LogP contribution in [0, 0.1) is 0 Å². The molecule has 19 heavy (non-hydrogen) atoms. The van der Waals surface area contributed by atoms with Gasteiger partial charge in [0.25, 0.3) is 5.91 Å². The Morgan fingerprint density at radius 3 is 2.74 bits per heavy atom. The zero-order valence-electron chi connectivity index (χ0n) is 11.5. The van der Waals surface area contributed by atoms with Crippen LogP contribution in [0.15, 0.2) is 17.7 Å². The van der Waals surface area contributed by atoms with Gasteiger partial charge in [0.2, 0.25) is 0 Å². The van der Waals surface area contributed by atoms with Crippen molar-refractivity contribution in [3.8, 4) is 0 Å². The molecular weight excluding hydrogens is 264 g/mol. The van der Waals surface area contributed by atoms with Gasteiger partial charge in [0.05, 0.1) is 18.3 Å². The van der Waals surface area contributed by atoms with E-state index >= 15 is 0 Å². The first-order valence-electron chi connectivity index (χ1n) is 5.83. The molecule has 0 saturated carbocycles. The fraction of sp³-hybridized carbons (Fsp3) is 0.462. The summed E-state index contributed by atoms with van der Waals surface area (Å²) in [6.45, 7) is 6.30. The smallest absolute Gasteiger partial charge is 0.330 e. The van der Waals surface area contributed by atoms with E-state index in [1.165, 1.54) is 24.5 Å². The van der Waals surface area contributed by atoms with Crippen LogP contribution in [0.25, 0.3) is 0 Å². The average molecular weight is 282 g/mol. The van der Waals surface area contributed by atoms with Crippen LogP contribution in [0.1, 0.15) is 36.1 Å². The molecule has 0 saturated heterocycles. The summed E-state index contributed by atoms with van der Waals surface area (Å²) in [6, 6.07) is 0. The zero-order chi connectivity index (χ0) is 14.5. The van der Waals surface area contributed by atoms with Crippen LogP contribution in [0.5, 0.6) is 0 Å². The molecule has 0 fully saturated rings. The minimum Gasteiger partial charge on any atom is -0.466 e. The van der Waals surface area contributed by atoms with Crippen LogP contribution in [0.4, 0.5) is 0 Å². The maximum absolute atomic E-state index is 12.0. The second-order valence-electron chi connectivity index (χ2n) is 4.92. The molecule has 0 aliphatic carbocycles. The number of hydrogen-bond acceptors (Lipinski definition) is 5. The molecule has 0 unspecified atom stereocenters. The van der Waals surface area contributed by atoms with Crippen molar-refractivity contribution in [3.63, 3.8) is 0 Å². The SMILES string of the molecule is COC(=O)/C=C/CNC(=O)c1scnc1C(C)(C)C. The fourth-order valence-corrected chi connectivity index (χ4v) is 2.31. The van der Waals surface area contributed by atoms with E-state index in [1.54, 1.807) is 11.6 Å². The highest BCUT2D eigenvalue weighted by molar-refractivity contribution is 7.11. The van der Waals surface area contributed by atoms with Gasteiger partial charge in [0.15, 0.2) is 0 Å².